The van der Waals surface area contributed by atoms with Crippen molar-refractivity contribution >= 4 is 40.7 Å². The number of nitro benzene ring substituents is 1. The molecule has 0 bridgehead atoms. The number of para-hydroxylation sites is 1. The first-order valence-electron chi connectivity index (χ1n) is 8.73. The lowest BCUT2D eigenvalue weighted by Gasteiger charge is -2.10. The second kappa shape index (κ2) is 7.69. The predicted octanol–water partition coefficient (Wildman–Crippen LogP) is 5.08. The maximum atomic E-state index is 12.8. The van der Waals surface area contributed by atoms with Crippen molar-refractivity contribution in [1.82, 2.24) is 0 Å². The van der Waals surface area contributed by atoms with Gasteiger partial charge in [-0.05, 0) is 30.3 Å². The molecule has 1 aliphatic rings. The number of benzodiazepines with no additional fused rings is 1. The largest absolute Gasteiger partial charge is 0.320 e. The molecular weight excluding hydrogens is 390 g/mol. The zero-order chi connectivity index (χ0) is 20.4. The Bertz CT molecular complexity index is 1190. The van der Waals surface area contributed by atoms with Crippen molar-refractivity contribution in [1.29, 1.82) is 0 Å². The van der Waals surface area contributed by atoms with Gasteiger partial charge in [-0.15, -0.1) is 0 Å². The molecule has 0 aliphatic carbocycles. The van der Waals surface area contributed by atoms with Gasteiger partial charge in [-0.3, -0.25) is 14.9 Å². The third kappa shape index (κ3) is 3.79. The van der Waals surface area contributed by atoms with Crippen LogP contribution >= 0.6 is 11.6 Å². The average Bonchev–Trinajstić information content (AvgIpc) is 2.85. The quantitative estimate of drug-likeness (QED) is 0.376. The van der Waals surface area contributed by atoms with E-state index in [9.17, 15) is 14.9 Å². The van der Waals surface area contributed by atoms with Crippen molar-refractivity contribution in [3.8, 4) is 0 Å². The lowest BCUT2D eigenvalue weighted by molar-refractivity contribution is -0.385. The lowest BCUT2D eigenvalue weighted by Crippen LogP contribution is -2.12. The third-order valence-electron chi connectivity index (χ3n) is 4.42. The molecular formula is C22H14ClN3O3. The Morgan fingerprint density at radius 1 is 1.00 bits per heavy atom. The van der Waals surface area contributed by atoms with Gasteiger partial charge in [-0.25, -0.2) is 4.99 Å². The Kier molecular flexibility index (Phi) is 4.93. The average molecular weight is 404 g/mol. The smallest absolute Gasteiger partial charge is 0.276 e. The molecule has 0 fully saturated rings. The van der Waals surface area contributed by atoms with Crippen molar-refractivity contribution < 1.29 is 9.72 Å². The Morgan fingerprint density at radius 3 is 2.48 bits per heavy atom. The molecule has 0 atom stereocenters. The summed E-state index contributed by atoms with van der Waals surface area (Å²) < 4.78 is 0. The zero-order valence-corrected chi connectivity index (χ0v) is 15.8. The van der Waals surface area contributed by atoms with Crippen LogP contribution in [0.4, 0.5) is 11.4 Å². The normalized spacial score (nSPS) is 14.6. The van der Waals surface area contributed by atoms with Crippen LogP contribution in [0.25, 0.3) is 6.08 Å². The number of anilines is 1. The van der Waals surface area contributed by atoms with Gasteiger partial charge in [0.15, 0.2) is 0 Å². The zero-order valence-electron chi connectivity index (χ0n) is 15.0. The molecule has 1 aliphatic heterocycles. The van der Waals surface area contributed by atoms with Crippen molar-refractivity contribution in [3.63, 3.8) is 0 Å². The van der Waals surface area contributed by atoms with Crippen LogP contribution in [0.5, 0.6) is 0 Å². The minimum Gasteiger partial charge on any atom is -0.320 e. The summed E-state index contributed by atoms with van der Waals surface area (Å²) in [6.07, 6.45) is 1.42. The van der Waals surface area contributed by atoms with Gasteiger partial charge in [-0.2, -0.15) is 0 Å². The number of amides is 1. The summed E-state index contributed by atoms with van der Waals surface area (Å²) in [4.78, 5) is 28.3. The van der Waals surface area contributed by atoms with Crippen molar-refractivity contribution in [2.75, 3.05) is 5.32 Å². The molecule has 0 unspecified atom stereocenters. The number of aliphatic imine (C=N–C) groups is 1. The number of rotatable bonds is 3. The molecule has 3 aromatic rings. The number of halogens is 1. The molecule has 3 aromatic carbocycles. The number of carbonyl (C=O) groups excluding carboxylic acids is 1. The minimum atomic E-state index is -0.489. The van der Waals surface area contributed by atoms with Crippen LogP contribution in [0.1, 0.15) is 16.7 Å². The number of nitrogens with one attached hydrogen (secondary N) is 1. The van der Waals surface area contributed by atoms with E-state index in [4.69, 9.17) is 11.6 Å². The van der Waals surface area contributed by atoms with Crippen LogP contribution in [0.2, 0.25) is 5.02 Å². The maximum absolute atomic E-state index is 12.8. The van der Waals surface area contributed by atoms with E-state index in [1.165, 1.54) is 12.1 Å². The van der Waals surface area contributed by atoms with Gasteiger partial charge in [0.25, 0.3) is 11.6 Å². The molecule has 6 nitrogen and oxygen atoms in total. The van der Waals surface area contributed by atoms with Gasteiger partial charge in [0, 0.05) is 22.2 Å². The van der Waals surface area contributed by atoms with Gasteiger partial charge >= 0.3 is 0 Å². The van der Waals surface area contributed by atoms with E-state index in [0.29, 0.717) is 27.5 Å². The van der Waals surface area contributed by atoms with Crippen molar-refractivity contribution in [2.45, 2.75) is 0 Å². The number of nitrogens with zero attached hydrogens (tertiary/aromatic N) is 2. The van der Waals surface area contributed by atoms with Crippen LogP contribution in [0.15, 0.2) is 83.5 Å². The summed E-state index contributed by atoms with van der Waals surface area (Å²) in [5, 5.41) is 14.7. The van der Waals surface area contributed by atoms with E-state index in [2.05, 4.69) is 10.3 Å². The monoisotopic (exact) mass is 403 g/mol. The molecule has 142 valence electrons. The third-order valence-corrected chi connectivity index (χ3v) is 4.66. The molecule has 0 aromatic heterocycles. The number of benzene rings is 3. The molecule has 0 saturated carbocycles. The number of hydrogen-bond donors (Lipinski definition) is 1. The molecule has 1 amide bonds. The van der Waals surface area contributed by atoms with E-state index in [1.54, 1.807) is 36.4 Å². The highest BCUT2D eigenvalue weighted by molar-refractivity contribution is 6.32. The summed E-state index contributed by atoms with van der Waals surface area (Å²) in [5.41, 5.74) is 2.82. The van der Waals surface area contributed by atoms with E-state index in [1.807, 2.05) is 30.3 Å². The van der Waals surface area contributed by atoms with Gasteiger partial charge in [0.05, 0.1) is 21.9 Å². The van der Waals surface area contributed by atoms with Crippen LogP contribution in [0.3, 0.4) is 0 Å². The Morgan fingerprint density at radius 2 is 1.72 bits per heavy atom. The summed E-state index contributed by atoms with van der Waals surface area (Å²) in [5.74, 6) is -0.461. The van der Waals surface area contributed by atoms with Crippen LogP contribution in [0, 0.1) is 10.1 Å². The second-order valence-corrected chi connectivity index (χ2v) is 6.75. The van der Waals surface area contributed by atoms with E-state index in [0.717, 1.165) is 5.56 Å². The Labute approximate surface area is 171 Å². The molecule has 0 saturated heterocycles. The first-order valence-corrected chi connectivity index (χ1v) is 9.11. The van der Waals surface area contributed by atoms with Crippen LogP contribution in [-0.2, 0) is 4.79 Å². The van der Waals surface area contributed by atoms with Crippen molar-refractivity contribution in [3.05, 3.63) is 110 Å². The van der Waals surface area contributed by atoms with Gasteiger partial charge in [0.1, 0.15) is 5.70 Å². The molecule has 7 heteroatoms. The summed E-state index contributed by atoms with van der Waals surface area (Å²) in [6, 6.07) is 20.7. The molecule has 4 rings (SSSR count). The van der Waals surface area contributed by atoms with Crippen LogP contribution < -0.4 is 5.32 Å². The Balaban J connectivity index is 1.94. The molecule has 1 N–H and O–H groups in total. The number of hydrogen-bond acceptors (Lipinski definition) is 4. The minimum absolute atomic E-state index is 0.0606. The van der Waals surface area contributed by atoms with E-state index >= 15 is 0 Å². The first-order chi connectivity index (χ1) is 14.0. The standard InChI is InChI=1S/C22H14ClN3O3/c23-16-10-11-18-17(13-16)21(14-6-2-1-3-7-14)24-19(22(27)25-18)12-15-8-4-5-9-20(15)26(28)29/h1-13H,(H,25,27)/b19-12-. The topological polar surface area (TPSA) is 84.6 Å². The predicted molar refractivity (Wildman–Crippen MR) is 113 cm³/mol. The number of carbonyl (C=O) groups is 1. The molecule has 0 radical (unpaired) electrons. The van der Waals surface area contributed by atoms with E-state index in [-0.39, 0.29) is 11.4 Å². The number of nitro groups is 1. The van der Waals surface area contributed by atoms with Crippen molar-refractivity contribution in [2.24, 2.45) is 4.99 Å². The van der Waals surface area contributed by atoms with E-state index < -0.39 is 10.8 Å². The summed E-state index contributed by atoms with van der Waals surface area (Å²) >= 11 is 6.18. The maximum Gasteiger partial charge on any atom is 0.276 e. The van der Waals surface area contributed by atoms with Gasteiger partial charge in [-0.1, -0.05) is 54.1 Å². The summed E-state index contributed by atoms with van der Waals surface area (Å²) in [6.45, 7) is 0. The molecule has 29 heavy (non-hydrogen) atoms. The highest BCUT2D eigenvalue weighted by Gasteiger charge is 2.23. The number of fused-ring (bicyclic) bond motifs is 1. The summed E-state index contributed by atoms with van der Waals surface area (Å²) in [7, 11) is 0. The highest BCUT2D eigenvalue weighted by Crippen LogP contribution is 2.29. The fourth-order valence-electron chi connectivity index (χ4n) is 3.08. The van der Waals surface area contributed by atoms with Crippen LogP contribution in [-0.4, -0.2) is 16.5 Å². The lowest BCUT2D eigenvalue weighted by atomic mass is 10.0. The SMILES string of the molecule is O=C1Nc2ccc(Cl)cc2C(c2ccccc2)=N/C1=C\c1ccccc1[N+](=O)[O-]. The Hall–Kier alpha value is -3.77. The molecule has 1 heterocycles. The first kappa shape index (κ1) is 18.6. The van der Waals surface area contributed by atoms with Gasteiger partial charge < -0.3 is 5.32 Å². The van der Waals surface area contributed by atoms with Gasteiger partial charge in [0.2, 0.25) is 0 Å². The fraction of sp³-hybridized carbons (Fsp3) is 0. The molecule has 0 spiro atoms. The highest BCUT2D eigenvalue weighted by atomic mass is 35.5. The second-order valence-electron chi connectivity index (χ2n) is 6.32. The fourth-order valence-corrected chi connectivity index (χ4v) is 3.25.